The lowest BCUT2D eigenvalue weighted by molar-refractivity contribution is -0.120. The summed E-state index contributed by atoms with van der Waals surface area (Å²) in [6.45, 7) is -1.21. The van der Waals surface area contributed by atoms with Gasteiger partial charge < -0.3 is 15.7 Å². The number of rotatable bonds is 9. The van der Waals surface area contributed by atoms with Crippen LogP contribution in [0, 0.1) is 5.82 Å². The van der Waals surface area contributed by atoms with Gasteiger partial charge in [-0.15, -0.1) is 11.3 Å². The Kier molecular flexibility index (Phi) is 7.70. The molecule has 3 rings (SSSR count). The molecule has 4 N–H and O–H groups in total. The number of benzene rings is 2. The van der Waals surface area contributed by atoms with Gasteiger partial charge in [0.15, 0.2) is 5.78 Å². The molecule has 0 aliphatic carbocycles. The fourth-order valence-corrected chi connectivity index (χ4v) is 5.02. The van der Waals surface area contributed by atoms with Crippen molar-refractivity contribution in [1.82, 2.24) is 10.0 Å². The molecule has 0 fully saturated rings. The van der Waals surface area contributed by atoms with E-state index in [0.29, 0.717) is 21.7 Å². The number of thiophene rings is 1. The van der Waals surface area contributed by atoms with Crippen LogP contribution in [0.1, 0.15) is 5.56 Å². The second-order valence-electron chi connectivity index (χ2n) is 6.62. The molecule has 0 saturated carbocycles. The molecule has 8 nitrogen and oxygen atoms in total. The number of urea groups is 1. The third-order valence-electron chi connectivity index (χ3n) is 4.28. The molecule has 0 radical (unpaired) electrons. The van der Waals surface area contributed by atoms with Crippen molar-refractivity contribution in [3.05, 3.63) is 72.0 Å². The van der Waals surface area contributed by atoms with E-state index in [0.717, 1.165) is 11.3 Å². The molecule has 0 aliphatic rings. The Labute approximate surface area is 188 Å². The van der Waals surface area contributed by atoms with Gasteiger partial charge in [0.1, 0.15) is 16.6 Å². The minimum atomic E-state index is -3.89. The number of anilines is 1. The predicted molar refractivity (Wildman–Crippen MR) is 119 cm³/mol. The van der Waals surface area contributed by atoms with Crippen molar-refractivity contribution < 1.29 is 27.5 Å². The topological polar surface area (TPSA) is 125 Å². The fourth-order valence-electron chi connectivity index (χ4n) is 2.67. The SMILES string of the molecule is O=C(CO)CNS(=O)(=O)c1ccc(-c2cccc(NC(=O)NCc3ccccc3F)c2)s1. The van der Waals surface area contributed by atoms with Crippen LogP contribution in [0.5, 0.6) is 0 Å². The monoisotopic (exact) mass is 477 g/mol. The second-order valence-corrected chi connectivity index (χ2v) is 9.70. The summed E-state index contributed by atoms with van der Waals surface area (Å²) < 4.78 is 40.4. The molecule has 2 aromatic carbocycles. The van der Waals surface area contributed by atoms with Crippen molar-refractivity contribution in [2.75, 3.05) is 18.5 Å². The molecular weight excluding hydrogens is 457 g/mol. The summed E-state index contributed by atoms with van der Waals surface area (Å²) in [5, 5.41) is 14.0. The second kappa shape index (κ2) is 10.5. The van der Waals surface area contributed by atoms with Crippen molar-refractivity contribution in [3.63, 3.8) is 0 Å². The number of aliphatic hydroxyl groups is 1. The average Bonchev–Trinajstić information content (AvgIpc) is 3.29. The molecule has 0 spiro atoms. The molecule has 1 heterocycles. The molecule has 32 heavy (non-hydrogen) atoms. The van der Waals surface area contributed by atoms with Crippen molar-refractivity contribution in [2.45, 2.75) is 10.8 Å². The van der Waals surface area contributed by atoms with Crippen molar-refractivity contribution in [1.29, 1.82) is 0 Å². The Bertz CT molecular complexity index is 1230. The molecule has 2 amide bonds. The largest absolute Gasteiger partial charge is 0.389 e. The normalized spacial score (nSPS) is 11.2. The van der Waals surface area contributed by atoms with E-state index < -0.39 is 40.8 Å². The molecule has 3 aromatic rings. The zero-order chi connectivity index (χ0) is 23.1. The first kappa shape index (κ1) is 23.5. The zero-order valence-corrected chi connectivity index (χ0v) is 18.3. The Balaban J connectivity index is 1.65. The number of hydrogen-bond acceptors (Lipinski definition) is 6. The minimum absolute atomic E-state index is 0.0132. The van der Waals surface area contributed by atoms with Crippen LogP contribution in [-0.4, -0.2) is 38.5 Å². The fraction of sp³-hybridized carbons (Fsp3) is 0.143. The predicted octanol–water partition coefficient (Wildman–Crippen LogP) is 2.72. The van der Waals surface area contributed by atoms with Crippen LogP contribution >= 0.6 is 11.3 Å². The van der Waals surface area contributed by atoms with Crippen LogP contribution in [0.15, 0.2) is 64.9 Å². The maximum absolute atomic E-state index is 13.7. The molecule has 0 bridgehead atoms. The number of hydrogen-bond donors (Lipinski definition) is 4. The van der Waals surface area contributed by atoms with Gasteiger partial charge in [-0.2, -0.15) is 0 Å². The third-order valence-corrected chi connectivity index (χ3v) is 7.31. The number of nitrogens with one attached hydrogen (secondary N) is 3. The van der Waals surface area contributed by atoms with Gasteiger partial charge in [0.25, 0.3) is 0 Å². The first-order valence-corrected chi connectivity index (χ1v) is 11.7. The molecule has 0 aliphatic heterocycles. The molecule has 0 atom stereocenters. The van der Waals surface area contributed by atoms with Crippen molar-refractivity contribution in [2.24, 2.45) is 0 Å². The van der Waals surface area contributed by atoms with Gasteiger partial charge in [-0.05, 0) is 35.9 Å². The van der Waals surface area contributed by atoms with Crippen LogP contribution in [0.2, 0.25) is 0 Å². The standard InChI is InChI=1S/C21H20FN3O5S2/c22-18-7-2-1-4-15(18)11-23-21(28)25-16-6-3-5-14(10-16)19-8-9-20(31-19)32(29,30)24-12-17(27)13-26/h1-10,24,26H,11-13H2,(H2,23,25,28). The average molecular weight is 478 g/mol. The van der Waals surface area contributed by atoms with Crippen molar-refractivity contribution in [3.8, 4) is 10.4 Å². The van der Waals surface area contributed by atoms with Crippen LogP contribution in [0.3, 0.4) is 0 Å². The molecule has 168 valence electrons. The highest BCUT2D eigenvalue weighted by molar-refractivity contribution is 7.91. The number of Topliss-reactive ketones (excluding diaryl/α,β-unsaturated/α-hetero) is 1. The third kappa shape index (κ3) is 6.20. The lowest BCUT2D eigenvalue weighted by Crippen LogP contribution is -2.30. The Morgan fingerprint density at radius 2 is 1.81 bits per heavy atom. The highest BCUT2D eigenvalue weighted by Crippen LogP contribution is 2.32. The Hall–Kier alpha value is -3.12. The summed E-state index contributed by atoms with van der Waals surface area (Å²) >= 11 is 0.995. The van der Waals surface area contributed by atoms with Crippen LogP contribution in [0.4, 0.5) is 14.9 Å². The van der Waals surface area contributed by atoms with Gasteiger partial charge in [0, 0.05) is 22.7 Å². The Morgan fingerprint density at radius 3 is 2.56 bits per heavy atom. The van der Waals surface area contributed by atoms with Gasteiger partial charge in [-0.3, -0.25) is 4.79 Å². The number of sulfonamides is 1. The molecule has 0 saturated heterocycles. The number of ketones is 1. The van der Waals surface area contributed by atoms with Crippen LogP contribution in [-0.2, 0) is 21.4 Å². The summed E-state index contributed by atoms with van der Waals surface area (Å²) in [5.41, 5.74) is 1.51. The van der Waals surface area contributed by atoms with Gasteiger partial charge >= 0.3 is 6.03 Å². The van der Waals surface area contributed by atoms with Crippen LogP contribution < -0.4 is 15.4 Å². The van der Waals surface area contributed by atoms with E-state index in [9.17, 15) is 22.4 Å². The lowest BCUT2D eigenvalue weighted by atomic mass is 10.1. The summed E-state index contributed by atoms with van der Waals surface area (Å²) in [7, 11) is -3.89. The lowest BCUT2D eigenvalue weighted by Gasteiger charge is -2.09. The minimum Gasteiger partial charge on any atom is -0.389 e. The zero-order valence-electron chi connectivity index (χ0n) is 16.7. The van der Waals surface area contributed by atoms with E-state index in [1.54, 1.807) is 48.5 Å². The maximum Gasteiger partial charge on any atom is 0.319 e. The first-order valence-electron chi connectivity index (χ1n) is 9.39. The van der Waals surface area contributed by atoms with E-state index in [1.807, 2.05) is 0 Å². The van der Waals surface area contributed by atoms with Gasteiger partial charge in [0.05, 0.1) is 6.54 Å². The highest BCUT2D eigenvalue weighted by Gasteiger charge is 2.18. The Morgan fingerprint density at radius 1 is 1.03 bits per heavy atom. The number of halogens is 1. The summed E-state index contributed by atoms with van der Waals surface area (Å²) in [6, 6.07) is 15.4. The van der Waals surface area contributed by atoms with Gasteiger partial charge in [0.2, 0.25) is 10.0 Å². The van der Waals surface area contributed by atoms with E-state index in [1.165, 1.54) is 12.1 Å². The summed E-state index contributed by atoms with van der Waals surface area (Å²) in [6.07, 6.45) is 0. The summed E-state index contributed by atoms with van der Waals surface area (Å²) in [4.78, 5) is 23.9. The summed E-state index contributed by atoms with van der Waals surface area (Å²) in [5.74, 6) is -1.05. The number of aliphatic hydroxyl groups excluding tert-OH is 1. The smallest absolute Gasteiger partial charge is 0.319 e. The van der Waals surface area contributed by atoms with Gasteiger partial charge in [-0.1, -0.05) is 30.3 Å². The highest BCUT2D eigenvalue weighted by atomic mass is 32.2. The molecule has 11 heteroatoms. The van der Waals surface area contributed by atoms with E-state index in [2.05, 4.69) is 15.4 Å². The van der Waals surface area contributed by atoms with E-state index in [4.69, 9.17) is 5.11 Å². The van der Waals surface area contributed by atoms with Gasteiger partial charge in [-0.25, -0.2) is 22.3 Å². The maximum atomic E-state index is 13.7. The molecule has 0 unspecified atom stereocenters. The number of amides is 2. The number of carbonyl (C=O) groups excluding carboxylic acids is 2. The van der Waals surface area contributed by atoms with Crippen molar-refractivity contribution >= 4 is 38.9 Å². The van der Waals surface area contributed by atoms with E-state index >= 15 is 0 Å². The van der Waals surface area contributed by atoms with Crippen LogP contribution in [0.25, 0.3) is 10.4 Å². The molecule has 1 aromatic heterocycles. The first-order chi connectivity index (χ1) is 15.3. The van der Waals surface area contributed by atoms with E-state index in [-0.39, 0.29) is 10.8 Å². The number of carbonyl (C=O) groups is 2. The quantitative estimate of drug-likeness (QED) is 0.377. The molecular formula is C21H20FN3O5S2.